The summed E-state index contributed by atoms with van der Waals surface area (Å²) < 4.78 is 5.24. The third-order valence-corrected chi connectivity index (χ3v) is 8.35. The zero-order chi connectivity index (χ0) is 26.7. The van der Waals surface area contributed by atoms with Crippen molar-refractivity contribution >= 4 is 0 Å². The minimum atomic E-state index is 1.23. The van der Waals surface area contributed by atoms with Crippen molar-refractivity contribution in [3.63, 3.8) is 0 Å². The second-order valence-corrected chi connectivity index (χ2v) is 12.0. The molecule has 0 saturated carbocycles. The van der Waals surface area contributed by atoms with Crippen LogP contribution in [-0.4, -0.2) is 4.57 Å². The number of rotatable bonds is 29. The molecule has 37 heavy (non-hydrogen) atoms. The zero-order valence-electron chi connectivity index (χ0n) is 26.1. The van der Waals surface area contributed by atoms with Crippen molar-refractivity contribution in [1.29, 1.82) is 0 Å². The van der Waals surface area contributed by atoms with Crippen molar-refractivity contribution < 1.29 is 4.57 Å². The Kier molecular flexibility index (Phi) is 24.8. The Morgan fingerprint density at radius 3 is 1.30 bits per heavy atom. The SMILES string of the molecule is CCCCCCCCCCCCC[n+]1ccn(CCCCCCCCCC)c1CCCCCCCCC. The summed E-state index contributed by atoms with van der Waals surface area (Å²) in [6, 6.07) is 0. The topological polar surface area (TPSA) is 8.81 Å². The molecule has 1 heterocycles. The van der Waals surface area contributed by atoms with E-state index in [9.17, 15) is 0 Å². The molecule has 0 fully saturated rings. The predicted molar refractivity (Wildman–Crippen MR) is 165 cm³/mol. The van der Waals surface area contributed by atoms with Crippen LogP contribution in [0.15, 0.2) is 12.4 Å². The molecule has 1 aromatic rings. The molecule has 2 heteroatoms. The quantitative estimate of drug-likeness (QED) is 0.0737. The molecule has 1 aromatic heterocycles. The lowest BCUT2D eigenvalue weighted by Crippen LogP contribution is -2.37. The molecule has 0 aliphatic heterocycles. The Morgan fingerprint density at radius 2 is 0.838 bits per heavy atom. The molecule has 0 aromatic carbocycles. The molecular weight excluding hydrogens is 448 g/mol. The van der Waals surface area contributed by atoms with Crippen LogP contribution in [0.1, 0.15) is 194 Å². The average molecular weight is 518 g/mol. The standard InChI is InChI=1S/C35H69N2/c1-4-7-10-13-16-18-19-20-23-26-29-32-37-34-33-36(31-28-25-22-17-14-11-8-5-2)35(37)30-27-24-21-15-12-9-6-3/h33-34H,4-32H2,1-3H3/q+1. The number of unbranched alkanes of at least 4 members (excludes halogenated alkanes) is 23. The lowest BCUT2D eigenvalue weighted by atomic mass is 10.1. The van der Waals surface area contributed by atoms with Gasteiger partial charge in [-0.3, -0.25) is 0 Å². The van der Waals surface area contributed by atoms with Gasteiger partial charge in [-0.05, 0) is 32.1 Å². The van der Waals surface area contributed by atoms with E-state index in [0.29, 0.717) is 0 Å². The molecule has 0 saturated heterocycles. The van der Waals surface area contributed by atoms with E-state index in [1.165, 1.54) is 186 Å². The molecule has 0 N–H and O–H groups in total. The second kappa shape index (κ2) is 26.8. The lowest BCUT2D eigenvalue weighted by molar-refractivity contribution is -0.704. The van der Waals surface area contributed by atoms with Crippen LogP contribution < -0.4 is 4.57 Å². The molecule has 0 amide bonds. The van der Waals surface area contributed by atoms with Crippen LogP contribution in [0, 0.1) is 0 Å². The fourth-order valence-corrected chi connectivity index (χ4v) is 5.80. The molecule has 218 valence electrons. The first kappa shape index (κ1) is 34.2. The monoisotopic (exact) mass is 518 g/mol. The Labute approximate surface area is 234 Å². The van der Waals surface area contributed by atoms with E-state index < -0.39 is 0 Å². The number of aryl methyl sites for hydroxylation is 2. The average Bonchev–Trinajstić information content (AvgIpc) is 3.29. The van der Waals surface area contributed by atoms with Crippen LogP contribution in [0.2, 0.25) is 0 Å². The maximum atomic E-state index is 2.62. The first-order valence-electron chi connectivity index (χ1n) is 17.4. The second-order valence-electron chi connectivity index (χ2n) is 12.0. The summed E-state index contributed by atoms with van der Waals surface area (Å²) in [5.41, 5.74) is 0. The highest BCUT2D eigenvalue weighted by molar-refractivity contribution is 4.84. The minimum absolute atomic E-state index is 1.23. The highest BCUT2D eigenvalue weighted by Crippen LogP contribution is 2.14. The van der Waals surface area contributed by atoms with Crippen LogP contribution in [0.25, 0.3) is 0 Å². The summed E-state index contributed by atoms with van der Waals surface area (Å²) >= 11 is 0. The van der Waals surface area contributed by atoms with Gasteiger partial charge >= 0.3 is 0 Å². The van der Waals surface area contributed by atoms with Gasteiger partial charge in [0, 0.05) is 6.42 Å². The number of aromatic nitrogens is 2. The summed E-state index contributed by atoms with van der Waals surface area (Å²) in [5.74, 6) is 1.61. The summed E-state index contributed by atoms with van der Waals surface area (Å²) in [4.78, 5) is 0. The van der Waals surface area contributed by atoms with Crippen molar-refractivity contribution in [2.75, 3.05) is 0 Å². The molecule has 1 rings (SSSR count). The van der Waals surface area contributed by atoms with Crippen LogP contribution in [0.5, 0.6) is 0 Å². The van der Waals surface area contributed by atoms with Gasteiger partial charge in [0.25, 0.3) is 5.82 Å². The van der Waals surface area contributed by atoms with E-state index in [2.05, 4.69) is 42.3 Å². The maximum absolute atomic E-state index is 2.62. The van der Waals surface area contributed by atoms with Crippen LogP contribution in [0.3, 0.4) is 0 Å². The normalized spacial score (nSPS) is 11.5. The van der Waals surface area contributed by atoms with E-state index in [1.807, 2.05) is 0 Å². The molecule has 0 atom stereocenters. The van der Waals surface area contributed by atoms with Gasteiger partial charge in [0.1, 0.15) is 12.4 Å². The van der Waals surface area contributed by atoms with Gasteiger partial charge in [-0.1, -0.05) is 156 Å². The van der Waals surface area contributed by atoms with Crippen LogP contribution in [0.4, 0.5) is 0 Å². The lowest BCUT2D eigenvalue weighted by Gasteiger charge is -2.07. The highest BCUT2D eigenvalue weighted by Gasteiger charge is 2.16. The first-order valence-corrected chi connectivity index (χ1v) is 17.4. The number of imidazole rings is 1. The maximum Gasteiger partial charge on any atom is 0.256 e. The summed E-state index contributed by atoms with van der Waals surface area (Å²) in [6.45, 7) is 9.39. The van der Waals surface area contributed by atoms with E-state index >= 15 is 0 Å². The van der Waals surface area contributed by atoms with Gasteiger partial charge in [0.05, 0.1) is 13.1 Å². The Bertz CT molecular complexity index is 576. The third kappa shape index (κ3) is 19.9. The Hall–Kier alpha value is -0.790. The molecule has 0 aliphatic rings. The highest BCUT2D eigenvalue weighted by atomic mass is 15.1. The van der Waals surface area contributed by atoms with E-state index in [0.717, 1.165) is 0 Å². The largest absolute Gasteiger partial charge is 0.256 e. The summed E-state index contributed by atoms with van der Waals surface area (Å²) in [6.07, 6.45) is 42.9. The number of hydrogen-bond acceptors (Lipinski definition) is 0. The molecule has 0 spiro atoms. The van der Waals surface area contributed by atoms with Crippen molar-refractivity contribution in [2.24, 2.45) is 0 Å². The predicted octanol–water partition coefficient (Wildman–Crippen LogP) is 11.5. The van der Waals surface area contributed by atoms with E-state index in [1.54, 1.807) is 5.82 Å². The fourth-order valence-electron chi connectivity index (χ4n) is 5.80. The molecular formula is C35H69N2+. The Balaban J connectivity index is 2.32. The molecule has 0 aliphatic carbocycles. The van der Waals surface area contributed by atoms with Crippen molar-refractivity contribution in [3.05, 3.63) is 18.2 Å². The van der Waals surface area contributed by atoms with E-state index in [-0.39, 0.29) is 0 Å². The third-order valence-electron chi connectivity index (χ3n) is 8.35. The summed E-state index contributed by atoms with van der Waals surface area (Å²) in [7, 11) is 0. The molecule has 0 bridgehead atoms. The zero-order valence-corrected chi connectivity index (χ0v) is 26.1. The molecule has 0 radical (unpaired) electrons. The fraction of sp³-hybridized carbons (Fsp3) is 0.914. The van der Waals surface area contributed by atoms with Crippen LogP contribution >= 0.6 is 0 Å². The number of nitrogens with zero attached hydrogens (tertiary/aromatic N) is 2. The van der Waals surface area contributed by atoms with Gasteiger partial charge in [-0.25, -0.2) is 9.13 Å². The van der Waals surface area contributed by atoms with Crippen molar-refractivity contribution in [2.45, 2.75) is 207 Å². The number of hydrogen-bond donors (Lipinski definition) is 0. The van der Waals surface area contributed by atoms with Gasteiger partial charge in [0.2, 0.25) is 0 Å². The smallest absolute Gasteiger partial charge is 0.234 e. The van der Waals surface area contributed by atoms with Gasteiger partial charge in [-0.15, -0.1) is 0 Å². The first-order chi connectivity index (χ1) is 18.3. The molecule has 2 nitrogen and oxygen atoms in total. The Morgan fingerprint density at radius 1 is 0.459 bits per heavy atom. The summed E-state index contributed by atoms with van der Waals surface area (Å²) in [5, 5.41) is 0. The van der Waals surface area contributed by atoms with Gasteiger partial charge in [0.15, 0.2) is 0 Å². The minimum Gasteiger partial charge on any atom is -0.234 e. The van der Waals surface area contributed by atoms with Crippen LogP contribution in [-0.2, 0) is 19.5 Å². The molecule has 0 unspecified atom stereocenters. The van der Waals surface area contributed by atoms with Crippen molar-refractivity contribution in [3.8, 4) is 0 Å². The van der Waals surface area contributed by atoms with Crippen molar-refractivity contribution in [1.82, 2.24) is 4.57 Å². The van der Waals surface area contributed by atoms with Gasteiger partial charge < -0.3 is 0 Å². The van der Waals surface area contributed by atoms with Gasteiger partial charge in [-0.2, -0.15) is 0 Å². The van der Waals surface area contributed by atoms with E-state index in [4.69, 9.17) is 0 Å².